The van der Waals surface area contributed by atoms with Gasteiger partial charge >= 0.3 is 5.97 Å². The monoisotopic (exact) mass is 243 g/mol. The van der Waals surface area contributed by atoms with E-state index in [4.69, 9.17) is 15.6 Å². The van der Waals surface area contributed by atoms with Gasteiger partial charge in [0.25, 0.3) is 0 Å². The van der Waals surface area contributed by atoms with E-state index in [2.05, 4.69) is 0 Å². The third kappa shape index (κ3) is 2.80. The van der Waals surface area contributed by atoms with E-state index in [9.17, 15) is 9.00 Å². The van der Waals surface area contributed by atoms with E-state index in [-0.39, 0.29) is 6.54 Å². The summed E-state index contributed by atoms with van der Waals surface area (Å²) in [6, 6.07) is 6.40. The molecule has 2 atom stereocenters. The Morgan fingerprint density at radius 1 is 1.50 bits per heavy atom. The summed E-state index contributed by atoms with van der Waals surface area (Å²) in [5.74, 6) is -0.531. The van der Waals surface area contributed by atoms with Crippen molar-refractivity contribution >= 4 is 16.8 Å². The molecule has 16 heavy (non-hydrogen) atoms. The molecule has 0 saturated heterocycles. The number of nitrogens with two attached hydrogens (primary N) is 1. The molecule has 0 aliphatic rings. The SMILES string of the molecule is COc1ccc(S(=O)C(CN)C(=O)O)cc1. The molecule has 0 saturated carbocycles. The Morgan fingerprint density at radius 2 is 2.06 bits per heavy atom. The van der Waals surface area contributed by atoms with Crippen LogP contribution < -0.4 is 10.5 Å². The molecule has 0 heterocycles. The Labute approximate surface area is 95.7 Å². The standard InChI is InChI=1S/C10H13NO4S/c1-15-7-2-4-8(5-3-7)16(14)9(6-11)10(12)13/h2-5,9H,6,11H2,1H3,(H,12,13). The molecular weight excluding hydrogens is 230 g/mol. The van der Waals surface area contributed by atoms with Crippen molar-refractivity contribution in [1.29, 1.82) is 0 Å². The number of carboxylic acids is 1. The van der Waals surface area contributed by atoms with Crippen LogP contribution in [-0.2, 0) is 15.6 Å². The molecular formula is C10H13NO4S. The summed E-state index contributed by atoms with van der Waals surface area (Å²) in [5, 5.41) is 7.73. The number of carboxylic acid groups (broad SMARTS) is 1. The van der Waals surface area contributed by atoms with Gasteiger partial charge in [0.1, 0.15) is 11.0 Å². The van der Waals surface area contributed by atoms with Crippen molar-refractivity contribution in [2.24, 2.45) is 5.73 Å². The van der Waals surface area contributed by atoms with Crippen LogP contribution in [-0.4, -0.2) is 34.2 Å². The second-order valence-corrected chi connectivity index (χ2v) is 4.67. The molecule has 88 valence electrons. The second kappa shape index (κ2) is 5.62. The van der Waals surface area contributed by atoms with Gasteiger partial charge in [0, 0.05) is 11.4 Å². The zero-order valence-corrected chi connectivity index (χ0v) is 9.57. The highest BCUT2D eigenvalue weighted by molar-refractivity contribution is 7.86. The van der Waals surface area contributed by atoms with E-state index in [0.29, 0.717) is 10.6 Å². The summed E-state index contributed by atoms with van der Waals surface area (Å²) in [6.45, 7) is -0.159. The Kier molecular flexibility index (Phi) is 4.45. The van der Waals surface area contributed by atoms with Crippen LogP contribution in [0.3, 0.4) is 0 Å². The molecule has 5 nitrogen and oxygen atoms in total. The minimum Gasteiger partial charge on any atom is -0.497 e. The quantitative estimate of drug-likeness (QED) is 0.772. The van der Waals surface area contributed by atoms with Crippen LogP contribution in [0.15, 0.2) is 29.2 Å². The van der Waals surface area contributed by atoms with Crippen LogP contribution in [0.1, 0.15) is 0 Å². The van der Waals surface area contributed by atoms with Crippen molar-refractivity contribution in [1.82, 2.24) is 0 Å². The highest BCUT2D eigenvalue weighted by Crippen LogP contribution is 2.16. The molecule has 0 radical (unpaired) electrons. The molecule has 1 rings (SSSR count). The normalized spacial score (nSPS) is 14.1. The van der Waals surface area contributed by atoms with Crippen LogP contribution in [0, 0.1) is 0 Å². The predicted octanol–water partition coefficient (Wildman–Crippen LogP) is 0.215. The number of hydrogen-bond acceptors (Lipinski definition) is 4. The minimum atomic E-state index is -1.64. The summed E-state index contributed by atoms with van der Waals surface area (Å²) in [5.41, 5.74) is 5.27. The Balaban J connectivity index is 2.91. The van der Waals surface area contributed by atoms with Crippen molar-refractivity contribution in [3.8, 4) is 5.75 Å². The van der Waals surface area contributed by atoms with E-state index < -0.39 is 22.0 Å². The first kappa shape index (κ1) is 12.7. The van der Waals surface area contributed by atoms with Gasteiger partial charge in [0.05, 0.1) is 17.9 Å². The van der Waals surface area contributed by atoms with E-state index in [1.165, 1.54) is 7.11 Å². The lowest BCUT2D eigenvalue weighted by Gasteiger charge is -2.09. The van der Waals surface area contributed by atoms with Gasteiger partial charge in [-0.2, -0.15) is 0 Å². The van der Waals surface area contributed by atoms with Crippen molar-refractivity contribution in [2.45, 2.75) is 10.1 Å². The van der Waals surface area contributed by atoms with Gasteiger partial charge in [-0.25, -0.2) is 0 Å². The number of carbonyl (C=O) groups is 1. The van der Waals surface area contributed by atoms with E-state index in [1.54, 1.807) is 24.3 Å². The van der Waals surface area contributed by atoms with Gasteiger partial charge in [0.15, 0.2) is 0 Å². The smallest absolute Gasteiger partial charge is 0.320 e. The molecule has 0 spiro atoms. The first-order valence-electron chi connectivity index (χ1n) is 4.57. The largest absolute Gasteiger partial charge is 0.497 e. The molecule has 0 bridgehead atoms. The fourth-order valence-electron chi connectivity index (χ4n) is 1.15. The molecule has 0 aliphatic carbocycles. The number of methoxy groups -OCH3 is 1. The summed E-state index contributed by atoms with van der Waals surface area (Å²) in [7, 11) is -0.122. The van der Waals surface area contributed by atoms with Crippen LogP contribution in [0.4, 0.5) is 0 Å². The molecule has 0 amide bonds. The Morgan fingerprint density at radius 3 is 2.44 bits per heavy atom. The number of rotatable bonds is 5. The van der Waals surface area contributed by atoms with Crippen LogP contribution in [0.5, 0.6) is 5.75 Å². The molecule has 1 aromatic carbocycles. The van der Waals surface area contributed by atoms with Crippen molar-refractivity contribution in [3.63, 3.8) is 0 Å². The number of benzene rings is 1. The topological polar surface area (TPSA) is 89.6 Å². The highest BCUT2D eigenvalue weighted by Gasteiger charge is 2.24. The van der Waals surface area contributed by atoms with Crippen molar-refractivity contribution in [3.05, 3.63) is 24.3 Å². The van der Waals surface area contributed by atoms with Crippen LogP contribution >= 0.6 is 0 Å². The van der Waals surface area contributed by atoms with Gasteiger partial charge in [-0.15, -0.1) is 0 Å². The minimum absolute atomic E-state index is 0.159. The first-order valence-corrected chi connectivity index (χ1v) is 5.79. The van der Waals surface area contributed by atoms with E-state index in [0.717, 1.165) is 0 Å². The zero-order chi connectivity index (χ0) is 12.1. The predicted molar refractivity (Wildman–Crippen MR) is 59.9 cm³/mol. The summed E-state index contributed by atoms with van der Waals surface area (Å²) in [6.07, 6.45) is 0. The Bertz CT molecular complexity index is 390. The zero-order valence-electron chi connectivity index (χ0n) is 8.75. The third-order valence-corrected chi connectivity index (χ3v) is 3.69. The van der Waals surface area contributed by atoms with Crippen LogP contribution in [0.25, 0.3) is 0 Å². The molecule has 0 aliphatic heterocycles. The van der Waals surface area contributed by atoms with Gasteiger partial charge in [-0.05, 0) is 24.3 Å². The average molecular weight is 243 g/mol. The van der Waals surface area contributed by atoms with E-state index >= 15 is 0 Å². The number of hydrogen-bond donors (Lipinski definition) is 2. The number of aliphatic carboxylic acids is 1. The average Bonchev–Trinajstić information content (AvgIpc) is 2.29. The lowest BCUT2D eigenvalue weighted by Crippen LogP contribution is -2.33. The third-order valence-electron chi connectivity index (χ3n) is 2.04. The fraction of sp³-hybridized carbons (Fsp3) is 0.300. The van der Waals surface area contributed by atoms with E-state index in [1.807, 2.05) is 0 Å². The lowest BCUT2D eigenvalue weighted by atomic mass is 10.3. The number of ether oxygens (including phenoxy) is 1. The van der Waals surface area contributed by atoms with Crippen LogP contribution in [0.2, 0.25) is 0 Å². The lowest BCUT2D eigenvalue weighted by molar-refractivity contribution is -0.136. The summed E-state index contributed by atoms with van der Waals surface area (Å²) >= 11 is 0. The summed E-state index contributed by atoms with van der Waals surface area (Å²) < 4.78 is 16.8. The molecule has 1 aromatic rings. The van der Waals surface area contributed by atoms with Gasteiger partial charge < -0.3 is 15.6 Å². The van der Waals surface area contributed by atoms with Gasteiger partial charge in [0.2, 0.25) is 0 Å². The van der Waals surface area contributed by atoms with Crippen molar-refractivity contribution in [2.75, 3.05) is 13.7 Å². The molecule has 3 N–H and O–H groups in total. The fourth-order valence-corrected chi connectivity index (χ4v) is 2.24. The molecule has 0 fully saturated rings. The van der Waals surface area contributed by atoms with Gasteiger partial charge in [-0.1, -0.05) is 0 Å². The highest BCUT2D eigenvalue weighted by atomic mass is 32.2. The second-order valence-electron chi connectivity index (χ2n) is 3.04. The molecule has 2 unspecified atom stereocenters. The van der Waals surface area contributed by atoms with Crippen molar-refractivity contribution < 1.29 is 18.8 Å². The maximum atomic E-state index is 11.8. The maximum Gasteiger partial charge on any atom is 0.320 e. The molecule has 6 heteroatoms. The molecule has 0 aromatic heterocycles. The first-order chi connectivity index (χ1) is 7.60. The Hall–Kier alpha value is -1.40. The maximum absolute atomic E-state index is 11.8. The summed E-state index contributed by atoms with van der Waals surface area (Å²) in [4.78, 5) is 11.2. The van der Waals surface area contributed by atoms with Gasteiger partial charge in [-0.3, -0.25) is 9.00 Å².